The Morgan fingerprint density at radius 3 is 3.06 bits per heavy atom. The molecule has 2 rings (SSSR count). The summed E-state index contributed by atoms with van der Waals surface area (Å²) in [5, 5.41) is 9.04. The molecule has 0 amide bonds. The van der Waals surface area contributed by atoms with Crippen molar-refractivity contribution in [3.8, 4) is 0 Å². The molecule has 6 nitrogen and oxygen atoms in total. The summed E-state index contributed by atoms with van der Waals surface area (Å²) in [6, 6.07) is 0. The van der Waals surface area contributed by atoms with E-state index in [9.17, 15) is 0 Å². The fraction of sp³-hybridized carbons (Fsp3) is 0.500. The summed E-state index contributed by atoms with van der Waals surface area (Å²) < 4.78 is 7.59. The third kappa shape index (κ3) is 2.77. The van der Waals surface area contributed by atoms with E-state index >= 15 is 0 Å². The predicted molar refractivity (Wildman–Crippen MR) is 67.4 cm³/mol. The first-order valence-electron chi connectivity index (χ1n) is 5.96. The van der Waals surface area contributed by atoms with Crippen LogP contribution in [0.25, 0.3) is 0 Å². The largest absolute Gasteiger partial charge is 0.394 e. The smallest absolute Gasteiger partial charge is 0.175 e. The molecule has 18 heavy (non-hydrogen) atoms. The van der Waals surface area contributed by atoms with Crippen molar-refractivity contribution < 1.29 is 9.84 Å². The molecule has 1 aromatic heterocycles. The number of nitrogens with two attached hydrogens (primary N) is 1. The predicted octanol–water partition coefficient (Wildman–Crippen LogP) is 0.0494. The molecule has 0 bridgehead atoms. The molecular weight excluding hydrogens is 232 g/mol. The first-order chi connectivity index (χ1) is 8.74. The Hall–Kier alpha value is -1.66. The molecule has 6 heteroatoms. The van der Waals surface area contributed by atoms with Gasteiger partial charge in [0.1, 0.15) is 0 Å². The third-order valence-corrected chi connectivity index (χ3v) is 2.97. The summed E-state index contributed by atoms with van der Waals surface area (Å²) in [5.74, 6) is 0.370. The van der Waals surface area contributed by atoms with Gasteiger partial charge in [0.15, 0.2) is 11.3 Å². The van der Waals surface area contributed by atoms with Crippen LogP contribution in [-0.2, 0) is 11.3 Å². The van der Waals surface area contributed by atoms with Crippen molar-refractivity contribution in [3.63, 3.8) is 0 Å². The van der Waals surface area contributed by atoms with Gasteiger partial charge in [-0.2, -0.15) is 0 Å². The molecule has 0 aromatic carbocycles. The number of aliphatic hydroxyl groups excluding tert-OH is 1. The summed E-state index contributed by atoms with van der Waals surface area (Å²) in [6.07, 6.45) is 6.73. The summed E-state index contributed by atoms with van der Waals surface area (Å²) in [6.45, 7) is 4.29. The van der Waals surface area contributed by atoms with Crippen molar-refractivity contribution in [1.29, 1.82) is 0 Å². The van der Waals surface area contributed by atoms with E-state index in [1.165, 1.54) is 6.20 Å². The Morgan fingerprint density at radius 2 is 2.39 bits per heavy atom. The second-order valence-corrected chi connectivity index (χ2v) is 4.24. The van der Waals surface area contributed by atoms with Crippen LogP contribution >= 0.6 is 0 Å². The normalized spacial score (nSPS) is 24.4. The minimum Gasteiger partial charge on any atom is -0.394 e. The van der Waals surface area contributed by atoms with Crippen LogP contribution in [0.1, 0.15) is 12.8 Å². The van der Waals surface area contributed by atoms with Gasteiger partial charge in [-0.05, 0) is 12.8 Å². The SMILES string of the molecule is C=CN=c1c(N)nccn1CC1CCC(CO)O1. The Balaban J connectivity index is 2.17. The lowest BCUT2D eigenvalue weighted by Crippen LogP contribution is -2.30. The fourth-order valence-corrected chi connectivity index (χ4v) is 2.11. The highest BCUT2D eigenvalue weighted by Gasteiger charge is 2.24. The van der Waals surface area contributed by atoms with E-state index in [4.69, 9.17) is 15.6 Å². The molecule has 0 spiro atoms. The van der Waals surface area contributed by atoms with Crippen LogP contribution in [0.5, 0.6) is 0 Å². The lowest BCUT2D eigenvalue weighted by Gasteiger charge is -2.14. The molecule has 0 aliphatic carbocycles. The third-order valence-electron chi connectivity index (χ3n) is 2.97. The fourth-order valence-electron chi connectivity index (χ4n) is 2.11. The zero-order chi connectivity index (χ0) is 13.0. The maximum absolute atomic E-state index is 9.04. The molecule has 1 aromatic rings. The molecule has 2 atom stereocenters. The molecule has 0 saturated carbocycles. The summed E-state index contributed by atoms with van der Waals surface area (Å²) in [5.41, 5.74) is 6.37. The van der Waals surface area contributed by atoms with Crippen molar-refractivity contribution in [2.24, 2.45) is 4.99 Å². The first-order valence-corrected chi connectivity index (χ1v) is 5.96. The van der Waals surface area contributed by atoms with E-state index in [0.717, 1.165) is 12.8 Å². The quantitative estimate of drug-likeness (QED) is 0.790. The van der Waals surface area contributed by atoms with Crippen molar-refractivity contribution >= 4 is 5.82 Å². The number of nitrogen functional groups attached to an aromatic ring is 1. The number of aromatic nitrogens is 2. The summed E-state index contributed by atoms with van der Waals surface area (Å²) >= 11 is 0. The summed E-state index contributed by atoms with van der Waals surface area (Å²) in [4.78, 5) is 8.12. The summed E-state index contributed by atoms with van der Waals surface area (Å²) in [7, 11) is 0. The average molecular weight is 250 g/mol. The lowest BCUT2D eigenvalue weighted by molar-refractivity contribution is 0.00453. The molecule has 98 valence electrons. The van der Waals surface area contributed by atoms with Gasteiger partial charge in [-0.3, -0.25) is 0 Å². The Bertz CT molecular complexity index is 483. The highest BCUT2D eigenvalue weighted by molar-refractivity contribution is 5.22. The molecule has 2 heterocycles. The van der Waals surface area contributed by atoms with Gasteiger partial charge in [0, 0.05) is 18.6 Å². The maximum Gasteiger partial charge on any atom is 0.175 e. The van der Waals surface area contributed by atoms with Gasteiger partial charge in [-0.25, -0.2) is 9.98 Å². The lowest BCUT2D eigenvalue weighted by atomic mass is 10.2. The van der Waals surface area contributed by atoms with Gasteiger partial charge in [0.2, 0.25) is 0 Å². The zero-order valence-corrected chi connectivity index (χ0v) is 10.2. The number of nitrogens with zero attached hydrogens (tertiary/aromatic N) is 3. The van der Waals surface area contributed by atoms with Gasteiger partial charge in [-0.1, -0.05) is 6.58 Å². The first kappa shape index (κ1) is 12.8. The monoisotopic (exact) mass is 250 g/mol. The highest BCUT2D eigenvalue weighted by atomic mass is 16.5. The number of hydrogen-bond donors (Lipinski definition) is 2. The van der Waals surface area contributed by atoms with Crippen LogP contribution in [0.3, 0.4) is 0 Å². The molecule has 1 aliphatic heterocycles. The number of anilines is 1. The van der Waals surface area contributed by atoms with Crippen LogP contribution in [0, 0.1) is 0 Å². The second kappa shape index (κ2) is 5.79. The van der Waals surface area contributed by atoms with Crippen molar-refractivity contribution in [2.45, 2.75) is 31.6 Å². The van der Waals surface area contributed by atoms with Gasteiger partial charge >= 0.3 is 0 Å². The topological polar surface area (TPSA) is 85.7 Å². The van der Waals surface area contributed by atoms with Gasteiger partial charge in [0.05, 0.1) is 25.4 Å². The molecule has 1 aliphatic rings. The van der Waals surface area contributed by atoms with Crippen molar-refractivity contribution in [3.05, 3.63) is 30.7 Å². The van der Waals surface area contributed by atoms with E-state index in [-0.39, 0.29) is 18.8 Å². The number of rotatable bonds is 4. The van der Waals surface area contributed by atoms with E-state index in [0.29, 0.717) is 17.9 Å². The van der Waals surface area contributed by atoms with E-state index in [2.05, 4.69) is 16.6 Å². The molecule has 0 radical (unpaired) electrons. The van der Waals surface area contributed by atoms with Gasteiger partial charge in [0.25, 0.3) is 0 Å². The molecular formula is C12H18N4O2. The van der Waals surface area contributed by atoms with Crippen LogP contribution in [0.2, 0.25) is 0 Å². The zero-order valence-electron chi connectivity index (χ0n) is 10.2. The standard InChI is InChI=1S/C12H18N4O2/c1-2-14-12-11(13)15-5-6-16(12)7-9-3-4-10(8-17)18-9/h2,5-6,9-10,17H,1,3-4,7-8H2,(H2,13,15). The van der Waals surface area contributed by atoms with Crippen LogP contribution < -0.4 is 11.2 Å². The van der Waals surface area contributed by atoms with E-state index in [1.807, 2.05) is 10.8 Å². The van der Waals surface area contributed by atoms with E-state index in [1.54, 1.807) is 6.20 Å². The Morgan fingerprint density at radius 1 is 1.61 bits per heavy atom. The van der Waals surface area contributed by atoms with Crippen LogP contribution in [0.15, 0.2) is 30.2 Å². The highest BCUT2D eigenvalue weighted by Crippen LogP contribution is 2.20. The maximum atomic E-state index is 9.04. The van der Waals surface area contributed by atoms with Gasteiger partial charge < -0.3 is 20.1 Å². The van der Waals surface area contributed by atoms with Crippen molar-refractivity contribution in [2.75, 3.05) is 12.3 Å². The van der Waals surface area contributed by atoms with E-state index < -0.39 is 0 Å². The minimum atomic E-state index is -0.0467. The average Bonchev–Trinajstić information content (AvgIpc) is 2.81. The number of ether oxygens (including phenoxy) is 1. The van der Waals surface area contributed by atoms with Gasteiger partial charge in [-0.15, -0.1) is 0 Å². The molecule has 2 unspecified atom stereocenters. The number of aliphatic hydroxyl groups is 1. The molecule has 1 fully saturated rings. The number of hydrogen-bond acceptors (Lipinski definition) is 5. The minimum absolute atomic E-state index is 0.0467. The molecule has 3 N–H and O–H groups in total. The Kier molecular flexibility index (Phi) is 4.11. The second-order valence-electron chi connectivity index (χ2n) is 4.24. The van der Waals surface area contributed by atoms with Crippen molar-refractivity contribution in [1.82, 2.24) is 9.55 Å². The van der Waals surface area contributed by atoms with Crippen LogP contribution in [-0.4, -0.2) is 33.5 Å². The Labute approximate surface area is 105 Å². The van der Waals surface area contributed by atoms with Crippen LogP contribution in [0.4, 0.5) is 5.82 Å². The molecule has 1 saturated heterocycles.